The van der Waals surface area contributed by atoms with Crippen LogP contribution >= 0.6 is 23.1 Å². The smallest absolute Gasteiger partial charge is 0.255 e. The van der Waals surface area contributed by atoms with Gasteiger partial charge in [0.15, 0.2) is 5.13 Å². The summed E-state index contributed by atoms with van der Waals surface area (Å²) >= 11 is 2.83. The van der Waals surface area contributed by atoms with Crippen molar-refractivity contribution in [3.63, 3.8) is 0 Å². The third-order valence-corrected chi connectivity index (χ3v) is 6.82. The number of hydrogen-bond donors (Lipinski definition) is 2. The summed E-state index contributed by atoms with van der Waals surface area (Å²) in [5, 5.41) is 8.02. The van der Waals surface area contributed by atoms with Gasteiger partial charge in [0.2, 0.25) is 5.91 Å². The number of nitrogens with one attached hydrogen (secondary N) is 2. The molecule has 166 valence electrons. The Hall–Kier alpha value is -3.42. The molecule has 5 nitrogen and oxygen atoms in total. The fraction of sp³-hybridized carbons (Fsp3) is 0.115. The Kier molecular flexibility index (Phi) is 7.22. The van der Waals surface area contributed by atoms with E-state index in [0.29, 0.717) is 16.4 Å². The number of rotatable bonds is 7. The monoisotopic (exact) mass is 473 g/mol. The van der Waals surface area contributed by atoms with Crippen LogP contribution in [0.2, 0.25) is 0 Å². The maximum Gasteiger partial charge on any atom is 0.255 e. The number of aromatic nitrogens is 1. The van der Waals surface area contributed by atoms with E-state index >= 15 is 0 Å². The molecule has 4 rings (SSSR count). The summed E-state index contributed by atoms with van der Waals surface area (Å²) in [4.78, 5) is 30.7. The second-order valence-electron chi connectivity index (χ2n) is 7.45. The van der Waals surface area contributed by atoms with Crippen molar-refractivity contribution in [1.29, 1.82) is 0 Å². The van der Waals surface area contributed by atoms with Gasteiger partial charge in [0.25, 0.3) is 5.91 Å². The number of thioether (sulfide) groups is 1. The molecule has 4 aromatic rings. The number of aryl methyl sites for hydroxylation is 1. The van der Waals surface area contributed by atoms with Gasteiger partial charge in [-0.3, -0.25) is 9.59 Å². The van der Waals surface area contributed by atoms with Crippen molar-refractivity contribution in [2.75, 3.05) is 10.6 Å². The highest BCUT2D eigenvalue weighted by molar-refractivity contribution is 8.00. The molecule has 1 unspecified atom stereocenters. The molecule has 0 fully saturated rings. The van der Waals surface area contributed by atoms with Crippen LogP contribution in [0.3, 0.4) is 0 Å². The predicted octanol–water partition coefficient (Wildman–Crippen LogP) is 6.49. The zero-order valence-electron chi connectivity index (χ0n) is 18.2. The quantitative estimate of drug-likeness (QED) is 0.301. The van der Waals surface area contributed by atoms with Crippen LogP contribution in [0, 0.1) is 6.92 Å². The molecule has 0 saturated carbocycles. The van der Waals surface area contributed by atoms with E-state index in [9.17, 15) is 9.59 Å². The summed E-state index contributed by atoms with van der Waals surface area (Å²) in [5.41, 5.74) is 4.10. The number of thiazole rings is 1. The number of amides is 2. The average molecular weight is 474 g/mol. The lowest BCUT2D eigenvalue weighted by Crippen LogP contribution is -2.22. The number of carbonyl (C=O) groups excluding carboxylic acids is 2. The van der Waals surface area contributed by atoms with Gasteiger partial charge in [0, 0.05) is 27.1 Å². The van der Waals surface area contributed by atoms with Crippen LogP contribution in [0.4, 0.5) is 10.8 Å². The first kappa shape index (κ1) is 22.8. The third-order valence-electron chi connectivity index (χ3n) is 4.97. The Bertz CT molecular complexity index is 1270. The molecule has 0 saturated heterocycles. The molecule has 1 aromatic heterocycles. The van der Waals surface area contributed by atoms with E-state index < -0.39 is 0 Å². The van der Waals surface area contributed by atoms with Crippen molar-refractivity contribution in [3.05, 3.63) is 95.4 Å². The molecule has 2 amide bonds. The van der Waals surface area contributed by atoms with Gasteiger partial charge in [0.1, 0.15) is 0 Å². The van der Waals surface area contributed by atoms with Gasteiger partial charge in [-0.2, -0.15) is 0 Å². The summed E-state index contributed by atoms with van der Waals surface area (Å²) in [6, 6.07) is 24.8. The zero-order chi connectivity index (χ0) is 23.2. The molecular formula is C26H23N3O2S2. The van der Waals surface area contributed by atoms with E-state index in [1.54, 1.807) is 6.07 Å². The van der Waals surface area contributed by atoms with E-state index in [0.717, 1.165) is 21.7 Å². The maximum atomic E-state index is 12.7. The standard InChI is InChI=1S/C26H23N3O2S2/c1-17-9-6-7-14-22(17)25(31)27-20-12-8-13-21(15-20)33-18(2)24(30)29-26-28-23(16-32-26)19-10-4-3-5-11-19/h3-16,18H,1-2H3,(H,27,31)(H,28,29,30). The molecule has 1 heterocycles. The molecule has 0 aliphatic heterocycles. The molecule has 33 heavy (non-hydrogen) atoms. The van der Waals surface area contributed by atoms with Crippen LogP contribution in [-0.2, 0) is 4.79 Å². The number of hydrogen-bond acceptors (Lipinski definition) is 5. The van der Waals surface area contributed by atoms with Crippen LogP contribution in [0.5, 0.6) is 0 Å². The third kappa shape index (κ3) is 5.88. The first-order valence-electron chi connectivity index (χ1n) is 10.4. The van der Waals surface area contributed by atoms with Crippen LogP contribution < -0.4 is 10.6 Å². The van der Waals surface area contributed by atoms with Crippen molar-refractivity contribution in [1.82, 2.24) is 4.98 Å². The second kappa shape index (κ2) is 10.5. The number of anilines is 2. The van der Waals surface area contributed by atoms with E-state index in [-0.39, 0.29) is 17.1 Å². The Labute approximate surface area is 201 Å². The number of carbonyl (C=O) groups is 2. The van der Waals surface area contributed by atoms with E-state index in [1.165, 1.54) is 23.1 Å². The number of benzene rings is 3. The van der Waals surface area contributed by atoms with E-state index in [1.807, 2.05) is 92.0 Å². The van der Waals surface area contributed by atoms with Gasteiger partial charge in [0.05, 0.1) is 10.9 Å². The van der Waals surface area contributed by atoms with Gasteiger partial charge in [-0.15, -0.1) is 23.1 Å². The highest BCUT2D eigenvalue weighted by atomic mass is 32.2. The van der Waals surface area contributed by atoms with Crippen molar-refractivity contribution in [2.24, 2.45) is 0 Å². The molecule has 0 radical (unpaired) electrons. The van der Waals surface area contributed by atoms with E-state index in [2.05, 4.69) is 15.6 Å². The van der Waals surface area contributed by atoms with Gasteiger partial charge in [-0.1, -0.05) is 54.6 Å². The van der Waals surface area contributed by atoms with Crippen molar-refractivity contribution in [2.45, 2.75) is 24.0 Å². The van der Waals surface area contributed by atoms with Crippen molar-refractivity contribution < 1.29 is 9.59 Å². The van der Waals surface area contributed by atoms with E-state index in [4.69, 9.17) is 0 Å². The fourth-order valence-electron chi connectivity index (χ4n) is 3.21. The lowest BCUT2D eigenvalue weighted by molar-refractivity contribution is -0.115. The topological polar surface area (TPSA) is 71.1 Å². The van der Waals surface area contributed by atoms with Crippen molar-refractivity contribution in [3.8, 4) is 11.3 Å². The lowest BCUT2D eigenvalue weighted by atomic mass is 10.1. The summed E-state index contributed by atoms with van der Waals surface area (Å²) < 4.78 is 0. The molecule has 7 heteroatoms. The lowest BCUT2D eigenvalue weighted by Gasteiger charge is -2.12. The normalized spacial score (nSPS) is 11.6. The van der Waals surface area contributed by atoms with Gasteiger partial charge in [-0.25, -0.2) is 4.98 Å². The van der Waals surface area contributed by atoms with Gasteiger partial charge >= 0.3 is 0 Å². The Balaban J connectivity index is 1.37. The molecule has 0 aliphatic rings. The molecular weight excluding hydrogens is 450 g/mol. The Morgan fingerprint density at radius 1 is 0.939 bits per heavy atom. The number of nitrogens with zero attached hydrogens (tertiary/aromatic N) is 1. The highest BCUT2D eigenvalue weighted by Gasteiger charge is 2.17. The average Bonchev–Trinajstić information content (AvgIpc) is 3.28. The molecule has 0 spiro atoms. The SMILES string of the molecule is Cc1ccccc1C(=O)Nc1cccc(SC(C)C(=O)Nc2nc(-c3ccccc3)cs2)c1. The first-order valence-corrected chi connectivity index (χ1v) is 12.2. The molecule has 2 N–H and O–H groups in total. The van der Waals surface area contributed by atoms with Crippen LogP contribution in [0.15, 0.2) is 89.1 Å². The van der Waals surface area contributed by atoms with Crippen LogP contribution in [0.1, 0.15) is 22.8 Å². The minimum absolute atomic E-state index is 0.122. The van der Waals surface area contributed by atoms with Gasteiger partial charge < -0.3 is 10.6 Å². The maximum absolute atomic E-state index is 12.7. The Morgan fingerprint density at radius 2 is 1.70 bits per heavy atom. The molecule has 0 bridgehead atoms. The molecule has 0 aliphatic carbocycles. The largest absolute Gasteiger partial charge is 0.322 e. The fourth-order valence-corrected chi connectivity index (χ4v) is 4.86. The predicted molar refractivity (Wildman–Crippen MR) is 137 cm³/mol. The van der Waals surface area contributed by atoms with Crippen LogP contribution in [0.25, 0.3) is 11.3 Å². The van der Waals surface area contributed by atoms with Crippen molar-refractivity contribution >= 4 is 45.7 Å². The Morgan fingerprint density at radius 3 is 2.48 bits per heavy atom. The summed E-state index contributed by atoms with van der Waals surface area (Å²) in [7, 11) is 0. The second-order valence-corrected chi connectivity index (χ2v) is 9.72. The molecule has 3 aromatic carbocycles. The summed E-state index contributed by atoms with van der Waals surface area (Å²) in [6.07, 6.45) is 0. The first-order chi connectivity index (χ1) is 16.0. The minimum atomic E-state index is -0.337. The summed E-state index contributed by atoms with van der Waals surface area (Å²) in [5.74, 6) is -0.276. The minimum Gasteiger partial charge on any atom is -0.322 e. The molecule has 1 atom stereocenters. The van der Waals surface area contributed by atoms with Crippen LogP contribution in [-0.4, -0.2) is 22.0 Å². The summed E-state index contributed by atoms with van der Waals surface area (Å²) in [6.45, 7) is 3.76. The van der Waals surface area contributed by atoms with Gasteiger partial charge in [-0.05, 0) is 43.7 Å². The zero-order valence-corrected chi connectivity index (χ0v) is 19.9. The highest BCUT2D eigenvalue weighted by Crippen LogP contribution is 2.29.